The number of fused-ring (bicyclic) bond motifs is 2. The number of imidazole rings is 2. The van der Waals surface area contributed by atoms with E-state index in [9.17, 15) is 48.2 Å². The van der Waals surface area contributed by atoms with Crippen LogP contribution in [0.25, 0.3) is 22.3 Å². The van der Waals surface area contributed by atoms with E-state index in [2.05, 4.69) is 38.1 Å². The largest absolute Gasteiger partial charge is 0.490 e. The molecule has 4 aromatic heterocycles. The van der Waals surface area contributed by atoms with E-state index in [0.29, 0.717) is 0 Å². The molecule has 0 radical (unpaired) electrons. The lowest BCUT2D eigenvalue weighted by Gasteiger charge is -2.22. The third kappa shape index (κ3) is 7.99. The molecule has 30 heteroatoms. The summed E-state index contributed by atoms with van der Waals surface area (Å²) in [5.41, 5.74) is 4.58. The van der Waals surface area contributed by atoms with Gasteiger partial charge in [0, 0.05) is 14.2 Å². The number of hydrogen-bond acceptors (Lipinski definition) is 19. The van der Waals surface area contributed by atoms with Crippen molar-refractivity contribution in [3.8, 4) is 0 Å². The number of phosphoric acid groups is 3. The number of nitrogens with zero attached hydrogens (tertiary/aromatic N) is 6. The molecule has 2 aliphatic heterocycles. The van der Waals surface area contributed by atoms with Gasteiger partial charge in [-0.1, -0.05) is 0 Å². The summed E-state index contributed by atoms with van der Waals surface area (Å²) in [4.78, 5) is 72.3. The van der Waals surface area contributed by atoms with Gasteiger partial charge in [-0.25, -0.2) is 28.2 Å². The van der Waals surface area contributed by atoms with Crippen LogP contribution < -0.4 is 21.4 Å². The van der Waals surface area contributed by atoms with Crippen LogP contribution in [0.2, 0.25) is 0 Å². The molecular weight excluding hydrogens is 795 g/mol. The Morgan fingerprint density at radius 1 is 0.852 bits per heavy atom. The number of nitrogen functional groups attached to an aromatic ring is 1. The van der Waals surface area contributed by atoms with E-state index in [-0.39, 0.29) is 34.1 Å². The van der Waals surface area contributed by atoms with Crippen LogP contribution >= 0.6 is 23.5 Å². The third-order valence-electron chi connectivity index (χ3n) is 8.27. The Bertz CT molecular complexity index is 2310. The fraction of sp³-hybridized carbons (Fsp3) is 0.583. The minimum absolute atomic E-state index is 0.0131. The van der Waals surface area contributed by atoms with Crippen LogP contribution in [-0.2, 0) is 57.4 Å². The van der Waals surface area contributed by atoms with Crippen LogP contribution in [-0.4, -0.2) is 123 Å². The fourth-order valence-corrected chi connectivity index (χ4v) is 9.56. The summed E-state index contributed by atoms with van der Waals surface area (Å²) < 4.78 is 82.0. The second kappa shape index (κ2) is 15.0. The summed E-state index contributed by atoms with van der Waals surface area (Å²) in [6.45, 7) is -0.351. The first-order valence-electron chi connectivity index (χ1n) is 15.4. The van der Waals surface area contributed by atoms with Crippen molar-refractivity contribution in [2.75, 3.05) is 33.2 Å². The second-order valence-electron chi connectivity index (χ2n) is 11.9. The Kier molecular flexibility index (Phi) is 11.2. The number of aryl methyl sites for hydroxylation is 2. The molecule has 0 aliphatic carbocycles. The van der Waals surface area contributed by atoms with Gasteiger partial charge in [0.25, 0.3) is 16.7 Å². The molecule has 0 amide bonds. The highest BCUT2D eigenvalue weighted by molar-refractivity contribution is 7.66. The Balaban J connectivity index is 1.07. The van der Waals surface area contributed by atoms with Crippen LogP contribution in [0.5, 0.6) is 0 Å². The van der Waals surface area contributed by atoms with E-state index in [0.717, 1.165) is 0 Å². The van der Waals surface area contributed by atoms with E-state index in [1.54, 1.807) is 6.92 Å². The molecule has 6 rings (SSSR count). The minimum Gasteiger partial charge on any atom is -0.387 e. The smallest absolute Gasteiger partial charge is 0.387 e. The predicted molar refractivity (Wildman–Crippen MR) is 174 cm³/mol. The summed E-state index contributed by atoms with van der Waals surface area (Å²) in [6, 6.07) is 0. The number of hydrogen-bond donors (Lipinski definition) is 8. The SMILES string of the molecule is COC1[C@@H](COP(=O)(O)OP(=O)(O)OP(=O)(O)OC[C@H]2O[C@@H](n3c[n+](C)c4c(=O)[nH]c(N)nc43)C(O)[C@H]2O)O[C@@H](n2cnc3c(=O)[nH]c(C)nc32)[C@H]1OC. The predicted octanol–water partition coefficient (Wildman–Crippen LogP) is -2.51. The van der Waals surface area contributed by atoms with Gasteiger partial charge in [0.2, 0.25) is 18.5 Å². The van der Waals surface area contributed by atoms with Crippen molar-refractivity contribution in [3.05, 3.63) is 39.2 Å². The first-order valence-corrected chi connectivity index (χ1v) is 19.9. The van der Waals surface area contributed by atoms with Crippen molar-refractivity contribution < 1.29 is 79.8 Å². The number of ether oxygens (including phenoxy) is 4. The van der Waals surface area contributed by atoms with E-state index in [4.69, 9.17) is 29.2 Å². The molecule has 0 saturated carbocycles. The number of aliphatic hydroxyl groups is 2. The molecule has 2 fully saturated rings. The second-order valence-corrected chi connectivity index (χ2v) is 16.5. The molecule has 5 unspecified atom stereocenters. The van der Waals surface area contributed by atoms with E-state index in [1.165, 1.54) is 47.6 Å². The average molecular weight is 831 g/mol. The monoisotopic (exact) mass is 830 g/mol. The normalized spacial score (nSPS) is 29.4. The van der Waals surface area contributed by atoms with Crippen molar-refractivity contribution in [3.63, 3.8) is 0 Å². The fourth-order valence-electron chi connectivity index (χ4n) is 6.03. The molecule has 27 nitrogen and oxygen atoms in total. The number of nitrogens with two attached hydrogens (primary N) is 1. The summed E-state index contributed by atoms with van der Waals surface area (Å²) in [5.74, 6) is 0.00609. The lowest BCUT2D eigenvalue weighted by molar-refractivity contribution is -0.646. The lowest BCUT2D eigenvalue weighted by atomic mass is 10.1. The molecule has 11 atom stereocenters. The highest BCUT2D eigenvalue weighted by Gasteiger charge is 2.51. The molecular formula is C24H35N9O18P3+. The molecule has 0 aromatic carbocycles. The topological polar surface area (TPSA) is 370 Å². The molecule has 9 N–H and O–H groups in total. The van der Waals surface area contributed by atoms with Gasteiger partial charge in [0.15, 0.2) is 17.4 Å². The molecule has 0 spiro atoms. The van der Waals surface area contributed by atoms with Gasteiger partial charge < -0.3 is 54.6 Å². The van der Waals surface area contributed by atoms with Gasteiger partial charge in [0.05, 0.1) is 26.6 Å². The zero-order chi connectivity index (χ0) is 39.5. The lowest BCUT2D eigenvalue weighted by Crippen LogP contribution is -2.37. The van der Waals surface area contributed by atoms with Gasteiger partial charge in [-0.3, -0.25) is 28.2 Å². The number of phosphoric ester groups is 2. The molecule has 2 aliphatic rings. The number of nitrogens with one attached hydrogen (secondary N) is 2. The van der Waals surface area contributed by atoms with Crippen molar-refractivity contribution in [2.45, 2.75) is 56.0 Å². The summed E-state index contributed by atoms with van der Waals surface area (Å²) >= 11 is 0. The minimum atomic E-state index is -5.95. The van der Waals surface area contributed by atoms with E-state index < -0.39 is 96.9 Å². The van der Waals surface area contributed by atoms with E-state index >= 15 is 0 Å². The van der Waals surface area contributed by atoms with Crippen molar-refractivity contribution >= 4 is 51.7 Å². The molecule has 298 valence electrons. The Morgan fingerprint density at radius 2 is 1.46 bits per heavy atom. The number of aromatic nitrogens is 8. The van der Waals surface area contributed by atoms with Crippen molar-refractivity contribution in [1.82, 2.24) is 34.1 Å². The number of rotatable bonds is 14. The van der Waals surface area contributed by atoms with Crippen LogP contribution in [0, 0.1) is 6.92 Å². The Hall–Kier alpha value is -3.33. The van der Waals surface area contributed by atoms with Gasteiger partial charge in [-0.05, 0) is 6.92 Å². The molecule has 6 heterocycles. The number of methoxy groups -OCH3 is 2. The van der Waals surface area contributed by atoms with Crippen LogP contribution in [0.1, 0.15) is 18.3 Å². The van der Waals surface area contributed by atoms with Crippen LogP contribution in [0.3, 0.4) is 0 Å². The highest BCUT2D eigenvalue weighted by Crippen LogP contribution is 2.68. The quantitative estimate of drug-likeness (QED) is 0.0480. The number of aliphatic hydroxyl groups excluding tert-OH is 2. The highest BCUT2D eigenvalue weighted by atomic mass is 31.3. The zero-order valence-electron chi connectivity index (χ0n) is 28.3. The molecule has 0 bridgehead atoms. The zero-order valence-corrected chi connectivity index (χ0v) is 31.0. The van der Waals surface area contributed by atoms with Gasteiger partial charge in [0.1, 0.15) is 42.4 Å². The maximum atomic E-state index is 12.7. The van der Waals surface area contributed by atoms with Crippen molar-refractivity contribution in [2.24, 2.45) is 7.05 Å². The van der Waals surface area contributed by atoms with E-state index in [1.807, 2.05) is 0 Å². The van der Waals surface area contributed by atoms with Crippen LogP contribution in [0.4, 0.5) is 5.95 Å². The Morgan fingerprint density at radius 3 is 2.09 bits per heavy atom. The summed E-state index contributed by atoms with van der Waals surface area (Å²) in [7, 11) is -13.1. The summed E-state index contributed by atoms with van der Waals surface area (Å²) in [5, 5.41) is 21.2. The van der Waals surface area contributed by atoms with Gasteiger partial charge in [-0.15, -0.1) is 0 Å². The standard InChI is InChI=1S/C24H34N9O18P3/c1-9-27-18-12(20(36)28-9)26-7-32(18)23-17(45-4)16(44-3)11(49-23)6-47-53(40,41)51-54(42,43)50-52(38,39)46-5-10-14(34)15(35)22(48-10)33-8-31(2)13-19(33)29-24(25)30-21(13)37/h7-8,10-11,14-17,22-23,34-35H,5-6H2,1-4H3,(H6-,25,27,28,29,30,36,37,38,39,40,41,42,43)/p+1/t10-,11-,14+,15?,16?,17+,22-,23-/m1/s1. The van der Waals surface area contributed by atoms with Gasteiger partial charge in [-0.2, -0.15) is 18.2 Å². The first kappa shape index (κ1) is 40.3. The van der Waals surface area contributed by atoms with Crippen molar-refractivity contribution in [1.29, 1.82) is 0 Å². The number of anilines is 1. The molecule has 4 aromatic rings. The number of aromatic amines is 2. The maximum Gasteiger partial charge on any atom is 0.490 e. The maximum absolute atomic E-state index is 12.7. The summed E-state index contributed by atoms with van der Waals surface area (Å²) in [6.07, 6.45) is -8.20. The third-order valence-corrected chi connectivity index (χ3v) is 12.5. The molecule has 54 heavy (non-hydrogen) atoms. The Labute approximate surface area is 301 Å². The first-order chi connectivity index (χ1) is 25.2. The van der Waals surface area contributed by atoms with Gasteiger partial charge >= 0.3 is 29.0 Å². The number of H-pyrrole nitrogens is 2. The molecule has 2 saturated heterocycles. The average Bonchev–Trinajstić information content (AvgIpc) is 3.80. The van der Waals surface area contributed by atoms with Crippen LogP contribution in [0.15, 0.2) is 22.2 Å².